The highest BCUT2D eigenvalue weighted by Gasteiger charge is 2.03. The summed E-state index contributed by atoms with van der Waals surface area (Å²) in [6, 6.07) is 0. The highest BCUT2D eigenvalue weighted by Crippen LogP contribution is 1.89. The minimum absolute atomic E-state index is 0.0721. The molecule has 72 valence electrons. The van der Waals surface area contributed by atoms with Gasteiger partial charge in [-0.05, 0) is 6.42 Å². The molecule has 0 aliphatic carbocycles. The number of rotatable bonds is 4. The number of aromatic amines is 2. The smallest absolute Gasteiger partial charge is 0.323 e. The topological polar surface area (TPSA) is 77.8 Å². The molecule has 0 fully saturated rings. The maximum absolute atomic E-state index is 11.1. The predicted octanol–water partition coefficient (Wildman–Crippen LogP) is -0.228. The van der Waals surface area contributed by atoms with Gasteiger partial charge < -0.3 is 15.3 Å². The molecule has 0 aliphatic heterocycles. The van der Waals surface area contributed by atoms with Crippen molar-refractivity contribution in [1.29, 1.82) is 0 Å². The molecule has 0 unspecified atom stereocenters. The lowest BCUT2D eigenvalue weighted by atomic mass is 10.3. The molecule has 1 aromatic heterocycles. The van der Waals surface area contributed by atoms with E-state index in [1.807, 2.05) is 6.92 Å². The van der Waals surface area contributed by atoms with E-state index in [2.05, 4.69) is 15.3 Å². The molecule has 1 heterocycles. The van der Waals surface area contributed by atoms with Crippen molar-refractivity contribution in [3.8, 4) is 0 Å². The number of carbonyl (C=O) groups is 1. The molecular formula is C8H13N3O2. The Labute approximate surface area is 75.6 Å². The van der Waals surface area contributed by atoms with Gasteiger partial charge in [0, 0.05) is 18.4 Å². The summed E-state index contributed by atoms with van der Waals surface area (Å²) in [4.78, 5) is 26.7. The van der Waals surface area contributed by atoms with Gasteiger partial charge in [0.1, 0.15) is 0 Å². The second kappa shape index (κ2) is 4.49. The van der Waals surface area contributed by atoms with Crippen molar-refractivity contribution in [3.05, 3.63) is 22.4 Å². The van der Waals surface area contributed by atoms with E-state index in [0.29, 0.717) is 12.2 Å². The number of amides is 1. The Morgan fingerprint density at radius 2 is 2.38 bits per heavy atom. The van der Waals surface area contributed by atoms with E-state index in [9.17, 15) is 9.59 Å². The maximum Gasteiger partial charge on any atom is 0.323 e. The van der Waals surface area contributed by atoms with Crippen LogP contribution in [0, 0.1) is 0 Å². The third-order valence-corrected chi connectivity index (χ3v) is 1.57. The van der Waals surface area contributed by atoms with E-state index in [0.717, 1.165) is 6.42 Å². The van der Waals surface area contributed by atoms with E-state index in [1.54, 1.807) is 0 Å². The summed E-state index contributed by atoms with van der Waals surface area (Å²) >= 11 is 0. The molecule has 1 rings (SSSR count). The van der Waals surface area contributed by atoms with Crippen LogP contribution in [0.3, 0.4) is 0 Å². The number of carbonyl (C=O) groups excluding carboxylic acids is 1. The standard InChI is InChI=1S/C8H13N3O2/c1-2-3-9-7(12)4-6-5-10-8(13)11-6/h5H,2-4H2,1H3,(H,9,12)(H2,10,11,13). The van der Waals surface area contributed by atoms with Gasteiger partial charge in [-0.1, -0.05) is 6.92 Å². The number of imidazole rings is 1. The van der Waals surface area contributed by atoms with Gasteiger partial charge in [0.05, 0.1) is 6.42 Å². The summed E-state index contributed by atoms with van der Waals surface area (Å²) < 4.78 is 0. The summed E-state index contributed by atoms with van der Waals surface area (Å²) in [5.41, 5.74) is 0.330. The van der Waals surface area contributed by atoms with Crippen LogP contribution in [0.5, 0.6) is 0 Å². The van der Waals surface area contributed by atoms with Crippen LogP contribution >= 0.6 is 0 Å². The number of hydrogen-bond acceptors (Lipinski definition) is 2. The Morgan fingerprint density at radius 1 is 1.62 bits per heavy atom. The minimum Gasteiger partial charge on any atom is -0.356 e. The second-order valence-corrected chi connectivity index (χ2v) is 2.79. The van der Waals surface area contributed by atoms with E-state index >= 15 is 0 Å². The summed E-state index contributed by atoms with van der Waals surface area (Å²) in [6.45, 7) is 2.66. The van der Waals surface area contributed by atoms with Crippen molar-refractivity contribution in [2.75, 3.05) is 6.54 Å². The molecule has 0 bridgehead atoms. The van der Waals surface area contributed by atoms with Crippen LogP contribution in [0.2, 0.25) is 0 Å². The normalized spacial score (nSPS) is 9.92. The fraction of sp³-hybridized carbons (Fsp3) is 0.500. The lowest BCUT2D eigenvalue weighted by molar-refractivity contribution is -0.120. The van der Waals surface area contributed by atoms with Gasteiger partial charge in [-0.25, -0.2) is 4.79 Å². The minimum atomic E-state index is -0.279. The largest absolute Gasteiger partial charge is 0.356 e. The molecule has 0 spiro atoms. The van der Waals surface area contributed by atoms with Crippen LogP contribution in [0.25, 0.3) is 0 Å². The predicted molar refractivity (Wildman–Crippen MR) is 48.4 cm³/mol. The quantitative estimate of drug-likeness (QED) is 0.603. The van der Waals surface area contributed by atoms with E-state index in [4.69, 9.17) is 0 Å². The van der Waals surface area contributed by atoms with Crippen LogP contribution in [-0.4, -0.2) is 22.4 Å². The first-order valence-electron chi connectivity index (χ1n) is 4.25. The molecule has 0 saturated carbocycles. The molecule has 3 N–H and O–H groups in total. The van der Waals surface area contributed by atoms with E-state index < -0.39 is 0 Å². The first kappa shape index (κ1) is 9.57. The SMILES string of the molecule is CCCNC(=O)Cc1c[nH]c(=O)[nH]1. The Balaban J connectivity index is 2.41. The van der Waals surface area contributed by atoms with Crippen LogP contribution in [0.1, 0.15) is 19.0 Å². The average Bonchev–Trinajstić information content (AvgIpc) is 2.48. The van der Waals surface area contributed by atoms with Crippen molar-refractivity contribution in [2.24, 2.45) is 0 Å². The van der Waals surface area contributed by atoms with Gasteiger partial charge in [0.25, 0.3) is 0 Å². The monoisotopic (exact) mass is 183 g/mol. The fourth-order valence-electron chi connectivity index (χ4n) is 0.966. The van der Waals surface area contributed by atoms with Crippen LogP contribution in [0.4, 0.5) is 0 Å². The molecule has 5 heteroatoms. The molecule has 0 atom stereocenters. The summed E-state index contributed by atoms with van der Waals surface area (Å²) in [6.07, 6.45) is 2.64. The van der Waals surface area contributed by atoms with E-state index in [1.165, 1.54) is 6.20 Å². The van der Waals surface area contributed by atoms with Crippen molar-refractivity contribution < 1.29 is 4.79 Å². The lowest BCUT2D eigenvalue weighted by Gasteiger charge is -2.00. The van der Waals surface area contributed by atoms with Gasteiger partial charge in [-0.15, -0.1) is 0 Å². The van der Waals surface area contributed by atoms with Gasteiger partial charge >= 0.3 is 5.69 Å². The Morgan fingerprint density at radius 3 is 2.92 bits per heavy atom. The molecule has 1 amide bonds. The lowest BCUT2D eigenvalue weighted by Crippen LogP contribution is -2.25. The fourth-order valence-corrected chi connectivity index (χ4v) is 0.966. The average molecular weight is 183 g/mol. The highest BCUT2D eigenvalue weighted by atomic mass is 16.2. The molecule has 0 radical (unpaired) electrons. The Kier molecular flexibility index (Phi) is 3.31. The number of hydrogen-bond donors (Lipinski definition) is 3. The van der Waals surface area contributed by atoms with Gasteiger partial charge in [0.15, 0.2) is 0 Å². The first-order valence-corrected chi connectivity index (χ1v) is 4.25. The summed E-state index contributed by atoms with van der Waals surface area (Å²) in [7, 11) is 0. The molecule has 0 saturated heterocycles. The Bertz CT molecular complexity index is 326. The highest BCUT2D eigenvalue weighted by molar-refractivity contribution is 5.77. The van der Waals surface area contributed by atoms with Crippen molar-refractivity contribution in [3.63, 3.8) is 0 Å². The summed E-state index contributed by atoms with van der Waals surface area (Å²) in [5, 5.41) is 2.72. The zero-order valence-corrected chi connectivity index (χ0v) is 7.52. The molecule has 0 aromatic carbocycles. The van der Waals surface area contributed by atoms with Crippen molar-refractivity contribution >= 4 is 5.91 Å². The third kappa shape index (κ3) is 3.14. The second-order valence-electron chi connectivity index (χ2n) is 2.79. The van der Waals surface area contributed by atoms with Gasteiger partial charge in [-0.3, -0.25) is 4.79 Å². The van der Waals surface area contributed by atoms with Crippen LogP contribution in [-0.2, 0) is 11.2 Å². The van der Waals surface area contributed by atoms with Crippen LogP contribution in [0.15, 0.2) is 11.0 Å². The zero-order chi connectivity index (χ0) is 9.68. The number of H-pyrrole nitrogens is 2. The zero-order valence-electron chi connectivity index (χ0n) is 7.52. The molecule has 13 heavy (non-hydrogen) atoms. The van der Waals surface area contributed by atoms with Gasteiger partial charge in [-0.2, -0.15) is 0 Å². The third-order valence-electron chi connectivity index (χ3n) is 1.57. The number of aromatic nitrogens is 2. The first-order chi connectivity index (χ1) is 6.22. The summed E-state index contributed by atoms with van der Waals surface area (Å²) in [5.74, 6) is -0.0721. The van der Waals surface area contributed by atoms with Crippen molar-refractivity contribution in [2.45, 2.75) is 19.8 Å². The van der Waals surface area contributed by atoms with Crippen molar-refractivity contribution in [1.82, 2.24) is 15.3 Å². The number of nitrogens with one attached hydrogen (secondary N) is 3. The molecular weight excluding hydrogens is 170 g/mol. The molecule has 1 aromatic rings. The Hall–Kier alpha value is -1.52. The van der Waals surface area contributed by atoms with Crippen LogP contribution < -0.4 is 11.0 Å². The van der Waals surface area contributed by atoms with E-state index in [-0.39, 0.29) is 18.0 Å². The van der Waals surface area contributed by atoms with Gasteiger partial charge in [0.2, 0.25) is 5.91 Å². The molecule has 5 nitrogen and oxygen atoms in total. The molecule has 0 aliphatic rings. The maximum atomic E-state index is 11.1.